The quantitative estimate of drug-likeness (QED) is 0.747. The van der Waals surface area contributed by atoms with Gasteiger partial charge < -0.3 is 14.7 Å². The van der Waals surface area contributed by atoms with E-state index in [4.69, 9.17) is 4.52 Å². The lowest BCUT2D eigenvalue weighted by atomic mass is 10.3. The Morgan fingerprint density at radius 1 is 1.50 bits per heavy atom. The maximum Gasteiger partial charge on any atom is 0.273 e. The van der Waals surface area contributed by atoms with E-state index in [1.54, 1.807) is 23.1 Å². The first-order valence-corrected chi connectivity index (χ1v) is 8.73. The van der Waals surface area contributed by atoms with Crippen molar-refractivity contribution in [2.75, 3.05) is 13.1 Å². The molecule has 0 bridgehead atoms. The Kier molecular flexibility index (Phi) is 5.10. The van der Waals surface area contributed by atoms with Crippen molar-refractivity contribution in [3.63, 3.8) is 0 Å². The van der Waals surface area contributed by atoms with Gasteiger partial charge in [0.2, 0.25) is 0 Å². The zero-order chi connectivity index (χ0) is 16.9. The Balaban J connectivity index is 1.63. The van der Waals surface area contributed by atoms with Crippen molar-refractivity contribution in [1.82, 2.24) is 15.4 Å². The van der Waals surface area contributed by atoms with Gasteiger partial charge in [-0.25, -0.2) is 0 Å². The molecule has 1 fully saturated rings. The second-order valence-corrected chi connectivity index (χ2v) is 6.73. The predicted molar refractivity (Wildman–Crippen MR) is 90.8 cm³/mol. The monoisotopic (exact) mass is 345 g/mol. The van der Waals surface area contributed by atoms with E-state index in [0.29, 0.717) is 29.6 Å². The Labute approximate surface area is 144 Å². The van der Waals surface area contributed by atoms with Gasteiger partial charge in [0, 0.05) is 19.2 Å². The average molecular weight is 345 g/mol. The highest BCUT2D eigenvalue weighted by Gasteiger charge is 2.23. The smallest absolute Gasteiger partial charge is 0.273 e. The van der Waals surface area contributed by atoms with E-state index >= 15 is 0 Å². The SMILES string of the molecule is C=CCN(Cc1cc(C(=O)NCC2CC2)no1)C(=O)c1cccs1. The largest absolute Gasteiger partial charge is 0.359 e. The maximum atomic E-state index is 12.5. The Morgan fingerprint density at radius 3 is 3.00 bits per heavy atom. The predicted octanol–water partition coefficient (Wildman–Crippen LogP) is 2.70. The van der Waals surface area contributed by atoms with E-state index in [-0.39, 0.29) is 24.1 Å². The molecule has 2 aromatic heterocycles. The lowest BCUT2D eigenvalue weighted by molar-refractivity contribution is 0.0752. The molecule has 24 heavy (non-hydrogen) atoms. The van der Waals surface area contributed by atoms with Crippen LogP contribution in [0, 0.1) is 5.92 Å². The fourth-order valence-electron chi connectivity index (χ4n) is 2.26. The van der Waals surface area contributed by atoms with Crippen LogP contribution in [0.4, 0.5) is 0 Å². The summed E-state index contributed by atoms with van der Waals surface area (Å²) in [4.78, 5) is 26.7. The number of thiophene rings is 1. The highest BCUT2D eigenvalue weighted by atomic mass is 32.1. The summed E-state index contributed by atoms with van der Waals surface area (Å²) in [6.07, 6.45) is 4.00. The van der Waals surface area contributed by atoms with Crippen molar-refractivity contribution in [2.45, 2.75) is 19.4 Å². The normalized spacial score (nSPS) is 13.5. The number of hydrogen-bond acceptors (Lipinski definition) is 5. The zero-order valence-electron chi connectivity index (χ0n) is 13.2. The lowest BCUT2D eigenvalue weighted by Gasteiger charge is -2.18. The van der Waals surface area contributed by atoms with E-state index in [9.17, 15) is 9.59 Å². The van der Waals surface area contributed by atoms with Crippen LogP contribution in [-0.2, 0) is 6.54 Å². The van der Waals surface area contributed by atoms with Gasteiger partial charge in [-0.15, -0.1) is 17.9 Å². The molecular weight excluding hydrogens is 326 g/mol. The molecule has 7 heteroatoms. The van der Waals surface area contributed by atoms with Crippen LogP contribution in [0.15, 0.2) is 40.8 Å². The number of hydrogen-bond donors (Lipinski definition) is 1. The summed E-state index contributed by atoms with van der Waals surface area (Å²) < 4.78 is 5.22. The summed E-state index contributed by atoms with van der Waals surface area (Å²) in [6, 6.07) is 5.20. The first-order chi connectivity index (χ1) is 11.7. The molecule has 0 radical (unpaired) electrons. The zero-order valence-corrected chi connectivity index (χ0v) is 14.1. The minimum atomic E-state index is -0.239. The van der Waals surface area contributed by atoms with Crippen LogP contribution >= 0.6 is 11.3 Å². The van der Waals surface area contributed by atoms with E-state index in [1.807, 2.05) is 11.4 Å². The van der Waals surface area contributed by atoms with Gasteiger partial charge in [0.15, 0.2) is 11.5 Å². The van der Waals surface area contributed by atoms with Crippen LogP contribution in [0.1, 0.15) is 38.8 Å². The van der Waals surface area contributed by atoms with Crippen LogP contribution < -0.4 is 5.32 Å². The first-order valence-electron chi connectivity index (χ1n) is 7.85. The molecule has 2 aromatic rings. The van der Waals surface area contributed by atoms with Crippen molar-refractivity contribution in [3.05, 3.63) is 52.6 Å². The van der Waals surface area contributed by atoms with E-state index in [2.05, 4.69) is 17.1 Å². The first kappa shape index (κ1) is 16.4. The van der Waals surface area contributed by atoms with Crippen LogP contribution in [0.2, 0.25) is 0 Å². The second kappa shape index (κ2) is 7.44. The molecule has 1 aliphatic carbocycles. The third kappa shape index (κ3) is 4.11. The molecule has 0 saturated heterocycles. The number of amides is 2. The molecule has 1 aliphatic rings. The molecule has 0 aliphatic heterocycles. The fourth-order valence-corrected chi connectivity index (χ4v) is 2.95. The number of nitrogens with zero attached hydrogens (tertiary/aromatic N) is 2. The molecule has 0 unspecified atom stereocenters. The Hall–Kier alpha value is -2.41. The third-order valence-electron chi connectivity index (χ3n) is 3.76. The number of rotatable bonds is 8. The minimum Gasteiger partial charge on any atom is -0.359 e. The molecule has 3 rings (SSSR count). The average Bonchev–Trinajstić information content (AvgIpc) is 3.05. The van der Waals surface area contributed by atoms with Crippen molar-refractivity contribution < 1.29 is 14.1 Å². The highest BCUT2D eigenvalue weighted by molar-refractivity contribution is 7.12. The van der Waals surface area contributed by atoms with Gasteiger partial charge in [-0.3, -0.25) is 9.59 Å². The summed E-state index contributed by atoms with van der Waals surface area (Å²) in [5, 5.41) is 8.50. The van der Waals surface area contributed by atoms with E-state index in [0.717, 1.165) is 0 Å². The summed E-state index contributed by atoms with van der Waals surface area (Å²) in [5.74, 6) is 0.739. The number of nitrogens with one attached hydrogen (secondary N) is 1. The molecule has 0 spiro atoms. The van der Waals surface area contributed by atoms with Crippen molar-refractivity contribution in [2.24, 2.45) is 5.92 Å². The molecular formula is C17H19N3O3S. The molecule has 0 aromatic carbocycles. The lowest BCUT2D eigenvalue weighted by Crippen LogP contribution is -2.30. The topological polar surface area (TPSA) is 75.4 Å². The van der Waals surface area contributed by atoms with Gasteiger partial charge in [0.25, 0.3) is 11.8 Å². The second-order valence-electron chi connectivity index (χ2n) is 5.78. The maximum absolute atomic E-state index is 12.5. The molecule has 0 atom stereocenters. The third-order valence-corrected chi connectivity index (χ3v) is 4.61. The molecule has 2 amide bonds. The van der Waals surface area contributed by atoms with Gasteiger partial charge in [-0.1, -0.05) is 17.3 Å². The van der Waals surface area contributed by atoms with Gasteiger partial charge >= 0.3 is 0 Å². The molecule has 1 saturated carbocycles. The van der Waals surface area contributed by atoms with Crippen LogP contribution in [0.5, 0.6) is 0 Å². The number of carbonyl (C=O) groups is 2. The van der Waals surface area contributed by atoms with Crippen LogP contribution in [0.25, 0.3) is 0 Å². The summed E-state index contributed by atoms with van der Waals surface area (Å²) in [7, 11) is 0. The molecule has 1 N–H and O–H groups in total. The number of carbonyl (C=O) groups excluding carboxylic acids is 2. The van der Waals surface area contributed by atoms with Crippen LogP contribution in [-0.4, -0.2) is 35.0 Å². The highest BCUT2D eigenvalue weighted by Crippen LogP contribution is 2.27. The minimum absolute atomic E-state index is 0.0963. The van der Waals surface area contributed by atoms with Gasteiger partial charge in [-0.2, -0.15) is 0 Å². The standard InChI is InChI=1S/C17H19N3O3S/c1-2-7-20(17(22)15-4-3-8-24-15)11-13-9-14(19-23-13)16(21)18-10-12-5-6-12/h2-4,8-9,12H,1,5-7,10-11H2,(H,18,21). The summed E-state index contributed by atoms with van der Waals surface area (Å²) >= 11 is 1.39. The van der Waals surface area contributed by atoms with Crippen LogP contribution in [0.3, 0.4) is 0 Å². The Bertz CT molecular complexity index is 719. The van der Waals surface area contributed by atoms with E-state index in [1.165, 1.54) is 24.2 Å². The molecule has 126 valence electrons. The van der Waals surface area contributed by atoms with Crippen molar-refractivity contribution in [1.29, 1.82) is 0 Å². The van der Waals surface area contributed by atoms with Gasteiger partial charge in [0.05, 0.1) is 11.4 Å². The van der Waals surface area contributed by atoms with Crippen molar-refractivity contribution in [3.8, 4) is 0 Å². The fraction of sp³-hybridized carbons (Fsp3) is 0.353. The molecule has 6 nitrogen and oxygen atoms in total. The molecule has 2 heterocycles. The summed E-state index contributed by atoms with van der Waals surface area (Å²) in [5.41, 5.74) is 0.243. The van der Waals surface area contributed by atoms with Gasteiger partial charge in [-0.05, 0) is 30.2 Å². The summed E-state index contributed by atoms with van der Waals surface area (Å²) in [6.45, 7) is 5.00. The number of aromatic nitrogens is 1. The van der Waals surface area contributed by atoms with Crippen molar-refractivity contribution >= 4 is 23.2 Å². The van der Waals surface area contributed by atoms with E-state index < -0.39 is 0 Å². The van der Waals surface area contributed by atoms with Gasteiger partial charge in [0.1, 0.15) is 0 Å². The Morgan fingerprint density at radius 2 is 2.33 bits per heavy atom.